The standard InChI is InChI=1S/C31H50O14/c32-27-28-5-7-29(8-6-28)44-25-23-42-21-19-40-17-15-38-13-11-36-9-10-37-12-14-39-16-18-41-20-22-43-24-26-45-31(35)4-2-1-3-30(33)34/h5-8,27H,1-4,9-26H2,(H,33,34). The molecule has 1 aromatic carbocycles. The SMILES string of the molecule is O=Cc1ccc(OCCOCCOCCOCCOCCOCCOCCOCCOCCOC(=O)CCCCC(=O)O)cc1. The van der Waals surface area contributed by atoms with E-state index in [9.17, 15) is 14.4 Å². The number of rotatable bonds is 34. The lowest BCUT2D eigenvalue weighted by Gasteiger charge is -2.09. The van der Waals surface area contributed by atoms with E-state index in [1.807, 2.05) is 0 Å². The smallest absolute Gasteiger partial charge is 0.305 e. The second-order valence-electron chi connectivity index (χ2n) is 9.26. The number of carboxylic acids is 1. The first-order chi connectivity index (χ1) is 22.1. The summed E-state index contributed by atoms with van der Waals surface area (Å²) < 4.78 is 53.9. The predicted molar refractivity (Wildman–Crippen MR) is 161 cm³/mol. The number of carboxylic acid groups (broad SMARTS) is 1. The second-order valence-corrected chi connectivity index (χ2v) is 9.26. The molecule has 0 radical (unpaired) electrons. The van der Waals surface area contributed by atoms with Crippen molar-refractivity contribution in [2.45, 2.75) is 25.7 Å². The van der Waals surface area contributed by atoms with Crippen molar-refractivity contribution in [2.24, 2.45) is 0 Å². The molecule has 0 bridgehead atoms. The molecule has 14 heteroatoms. The minimum Gasteiger partial charge on any atom is -0.491 e. The van der Waals surface area contributed by atoms with Gasteiger partial charge in [-0.3, -0.25) is 14.4 Å². The maximum Gasteiger partial charge on any atom is 0.305 e. The first-order valence-corrected chi connectivity index (χ1v) is 15.3. The maximum absolute atomic E-state index is 11.5. The van der Waals surface area contributed by atoms with Crippen molar-refractivity contribution >= 4 is 18.2 Å². The first-order valence-electron chi connectivity index (χ1n) is 15.3. The third-order valence-corrected chi connectivity index (χ3v) is 5.63. The van der Waals surface area contributed by atoms with Crippen LogP contribution in [-0.2, 0) is 52.2 Å². The van der Waals surface area contributed by atoms with Gasteiger partial charge in [0.15, 0.2) is 0 Å². The van der Waals surface area contributed by atoms with Gasteiger partial charge in [0.25, 0.3) is 0 Å². The lowest BCUT2D eigenvalue weighted by Crippen LogP contribution is -2.15. The van der Waals surface area contributed by atoms with E-state index < -0.39 is 5.97 Å². The van der Waals surface area contributed by atoms with Gasteiger partial charge in [-0.1, -0.05) is 0 Å². The molecule has 0 amide bonds. The summed E-state index contributed by atoms with van der Waals surface area (Å²) in [5.41, 5.74) is 0.610. The van der Waals surface area contributed by atoms with Crippen LogP contribution in [0.2, 0.25) is 0 Å². The Balaban J connectivity index is 1.67. The molecular weight excluding hydrogens is 596 g/mol. The summed E-state index contributed by atoms with van der Waals surface area (Å²) in [5, 5.41) is 8.54. The zero-order valence-electron chi connectivity index (χ0n) is 26.2. The van der Waals surface area contributed by atoms with Crippen molar-refractivity contribution in [3.63, 3.8) is 0 Å². The van der Waals surface area contributed by atoms with Gasteiger partial charge < -0.3 is 52.5 Å². The molecule has 0 spiro atoms. The van der Waals surface area contributed by atoms with Crippen LogP contribution in [0.15, 0.2) is 24.3 Å². The van der Waals surface area contributed by atoms with Crippen LogP contribution in [0.25, 0.3) is 0 Å². The van der Waals surface area contributed by atoms with E-state index in [1.165, 1.54) is 0 Å². The van der Waals surface area contributed by atoms with Crippen LogP contribution >= 0.6 is 0 Å². The average molecular weight is 647 g/mol. The molecule has 0 atom stereocenters. The monoisotopic (exact) mass is 646 g/mol. The third-order valence-electron chi connectivity index (χ3n) is 5.63. The van der Waals surface area contributed by atoms with Gasteiger partial charge in [0.05, 0.1) is 106 Å². The number of unbranched alkanes of at least 4 members (excludes halogenated alkanes) is 1. The van der Waals surface area contributed by atoms with Crippen LogP contribution in [0.4, 0.5) is 0 Å². The number of benzene rings is 1. The molecule has 14 nitrogen and oxygen atoms in total. The molecule has 1 rings (SSSR count). The number of hydrogen-bond donors (Lipinski definition) is 1. The minimum atomic E-state index is -0.865. The molecule has 1 aromatic rings. The van der Waals surface area contributed by atoms with Gasteiger partial charge in [-0.15, -0.1) is 0 Å². The predicted octanol–water partition coefficient (Wildman–Crippen LogP) is 2.20. The van der Waals surface area contributed by atoms with Crippen molar-refractivity contribution in [1.82, 2.24) is 0 Å². The molecule has 0 heterocycles. The molecule has 0 saturated carbocycles. The fourth-order valence-electron chi connectivity index (χ4n) is 3.33. The lowest BCUT2D eigenvalue weighted by atomic mass is 10.2. The number of carbonyl (C=O) groups is 3. The Morgan fingerprint density at radius 2 is 0.867 bits per heavy atom. The maximum atomic E-state index is 11.5. The molecule has 0 aliphatic carbocycles. The highest BCUT2D eigenvalue weighted by Crippen LogP contribution is 2.10. The third kappa shape index (κ3) is 28.5. The topological polar surface area (TPSA) is 164 Å². The Kier molecular flexibility index (Phi) is 28.1. The molecule has 0 unspecified atom stereocenters. The van der Waals surface area contributed by atoms with Crippen molar-refractivity contribution < 1.29 is 66.9 Å². The van der Waals surface area contributed by atoms with Gasteiger partial charge in [-0.05, 0) is 37.1 Å². The van der Waals surface area contributed by atoms with E-state index >= 15 is 0 Å². The van der Waals surface area contributed by atoms with Crippen molar-refractivity contribution in [1.29, 1.82) is 0 Å². The molecular formula is C31H50O14. The molecule has 0 aliphatic heterocycles. The highest BCUT2D eigenvalue weighted by molar-refractivity contribution is 5.74. The van der Waals surface area contributed by atoms with E-state index in [0.717, 1.165) is 6.29 Å². The summed E-state index contributed by atoms with van der Waals surface area (Å²) in [6.07, 6.45) is 2.02. The molecule has 1 N–H and O–H groups in total. The Morgan fingerprint density at radius 3 is 1.24 bits per heavy atom. The number of esters is 1. The number of aliphatic carboxylic acids is 1. The molecule has 258 valence electrons. The minimum absolute atomic E-state index is 0.0580. The molecule has 0 aromatic heterocycles. The number of ether oxygens (including phenoxy) is 10. The van der Waals surface area contributed by atoms with Crippen LogP contribution in [0.1, 0.15) is 36.0 Å². The number of carbonyl (C=O) groups excluding carboxylic acids is 2. The number of hydrogen-bond acceptors (Lipinski definition) is 13. The molecule has 45 heavy (non-hydrogen) atoms. The van der Waals surface area contributed by atoms with E-state index in [4.69, 9.17) is 52.5 Å². The lowest BCUT2D eigenvalue weighted by molar-refractivity contribution is -0.146. The zero-order valence-corrected chi connectivity index (χ0v) is 26.2. The van der Waals surface area contributed by atoms with E-state index in [1.54, 1.807) is 24.3 Å². The Hall–Kier alpha value is -2.69. The van der Waals surface area contributed by atoms with Gasteiger partial charge in [0.1, 0.15) is 25.2 Å². The fraction of sp³-hybridized carbons (Fsp3) is 0.710. The van der Waals surface area contributed by atoms with Crippen LogP contribution in [0.5, 0.6) is 5.75 Å². The van der Waals surface area contributed by atoms with Gasteiger partial charge in [-0.2, -0.15) is 0 Å². The van der Waals surface area contributed by atoms with Crippen molar-refractivity contribution in [3.05, 3.63) is 29.8 Å². The second kappa shape index (κ2) is 31.3. The summed E-state index contributed by atoms with van der Waals surface area (Å²) in [4.78, 5) is 32.5. The largest absolute Gasteiger partial charge is 0.491 e. The summed E-state index contributed by atoms with van der Waals surface area (Å²) in [6.45, 7) is 7.70. The van der Waals surface area contributed by atoms with Crippen molar-refractivity contribution in [3.8, 4) is 5.75 Å². The summed E-state index contributed by atoms with van der Waals surface area (Å²) in [6, 6.07) is 6.90. The Morgan fingerprint density at radius 1 is 0.511 bits per heavy atom. The quantitative estimate of drug-likeness (QED) is 0.0658. The number of aldehydes is 1. The van der Waals surface area contributed by atoms with Crippen LogP contribution in [0, 0.1) is 0 Å². The Labute approximate surface area is 265 Å². The van der Waals surface area contributed by atoms with Gasteiger partial charge in [0, 0.05) is 18.4 Å². The van der Waals surface area contributed by atoms with E-state index in [2.05, 4.69) is 0 Å². The van der Waals surface area contributed by atoms with Gasteiger partial charge in [-0.25, -0.2) is 0 Å². The Bertz CT molecular complexity index is 836. The van der Waals surface area contributed by atoms with E-state index in [0.29, 0.717) is 130 Å². The van der Waals surface area contributed by atoms with Crippen LogP contribution in [0.3, 0.4) is 0 Å². The normalized spacial score (nSPS) is 11.0. The fourth-order valence-corrected chi connectivity index (χ4v) is 3.33. The summed E-state index contributed by atoms with van der Waals surface area (Å²) in [7, 11) is 0. The highest BCUT2D eigenvalue weighted by atomic mass is 16.6. The van der Waals surface area contributed by atoms with Crippen molar-refractivity contribution in [2.75, 3.05) is 119 Å². The zero-order chi connectivity index (χ0) is 32.5. The highest BCUT2D eigenvalue weighted by Gasteiger charge is 2.04. The summed E-state index contributed by atoms with van der Waals surface area (Å²) in [5.74, 6) is -0.520. The van der Waals surface area contributed by atoms with Crippen LogP contribution < -0.4 is 4.74 Å². The van der Waals surface area contributed by atoms with Crippen LogP contribution in [-0.4, -0.2) is 142 Å². The van der Waals surface area contributed by atoms with Gasteiger partial charge >= 0.3 is 11.9 Å². The molecule has 0 saturated heterocycles. The first kappa shape index (κ1) is 40.3. The average Bonchev–Trinajstić information content (AvgIpc) is 3.04. The molecule has 0 aliphatic rings. The summed E-state index contributed by atoms with van der Waals surface area (Å²) >= 11 is 0. The van der Waals surface area contributed by atoms with Gasteiger partial charge in [0.2, 0.25) is 0 Å². The van der Waals surface area contributed by atoms with E-state index in [-0.39, 0.29) is 32.0 Å². The molecule has 0 fully saturated rings.